The number of likely N-dealkylation sites (tertiary alicyclic amines) is 1. The number of hydrogen-bond donors (Lipinski definition) is 0. The van der Waals surface area contributed by atoms with Crippen LogP contribution < -0.4 is 0 Å². The molecule has 3 aromatic rings. The van der Waals surface area contributed by atoms with Gasteiger partial charge in [-0.05, 0) is 43.4 Å². The van der Waals surface area contributed by atoms with Crippen molar-refractivity contribution in [2.45, 2.75) is 58.8 Å². The number of aromatic nitrogens is 4. The van der Waals surface area contributed by atoms with Crippen molar-refractivity contribution in [1.82, 2.24) is 25.0 Å². The molecule has 0 bridgehead atoms. The van der Waals surface area contributed by atoms with Gasteiger partial charge in [0.1, 0.15) is 5.76 Å². The molecule has 32 heavy (non-hydrogen) atoms. The predicted molar refractivity (Wildman–Crippen MR) is 118 cm³/mol. The molecular formula is C24H31N5O3. The third kappa shape index (κ3) is 3.87. The van der Waals surface area contributed by atoms with E-state index in [0.29, 0.717) is 36.4 Å². The molecular weight excluding hydrogens is 406 g/mol. The van der Waals surface area contributed by atoms with Gasteiger partial charge in [0.2, 0.25) is 0 Å². The molecule has 1 aliphatic carbocycles. The van der Waals surface area contributed by atoms with Gasteiger partial charge in [-0.2, -0.15) is 5.10 Å². The third-order valence-corrected chi connectivity index (χ3v) is 7.18. The highest BCUT2D eigenvalue weighted by Gasteiger charge is 2.36. The van der Waals surface area contributed by atoms with Crippen molar-refractivity contribution in [3.63, 3.8) is 0 Å². The van der Waals surface area contributed by atoms with Gasteiger partial charge >= 0.3 is 0 Å². The second-order valence-electron chi connectivity index (χ2n) is 10.3. The Hall–Kier alpha value is -2.90. The van der Waals surface area contributed by atoms with E-state index < -0.39 is 0 Å². The molecule has 1 fully saturated rings. The molecule has 8 nitrogen and oxygen atoms in total. The summed E-state index contributed by atoms with van der Waals surface area (Å²) in [4.78, 5) is 14.8. The normalized spacial score (nSPS) is 19.9. The second kappa shape index (κ2) is 7.90. The average Bonchev–Trinajstić information content (AvgIpc) is 3.51. The minimum atomic E-state index is -0.0882. The lowest BCUT2D eigenvalue weighted by atomic mass is 9.71. The van der Waals surface area contributed by atoms with Crippen LogP contribution in [-0.2, 0) is 19.9 Å². The zero-order valence-corrected chi connectivity index (χ0v) is 19.3. The first-order chi connectivity index (χ1) is 15.3. The van der Waals surface area contributed by atoms with Crippen LogP contribution in [0.4, 0.5) is 0 Å². The maximum Gasteiger partial charge on any atom is 0.276 e. The highest BCUT2D eigenvalue weighted by Crippen LogP contribution is 2.41. The van der Waals surface area contributed by atoms with Gasteiger partial charge in [0, 0.05) is 43.9 Å². The van der Waals surface area contributed by atoms with Crippen molar-refractivity contribution < 1.29 is 13.8 Å². The maximum atomic E-state index is 13.0. The minimum absolute atomic E-state index is 0.0882. The first-order valence-electron chi connectivity index (χ1n) is 11.5. The molecule has 1 atom stereocenters. The number of carbonyl (C=O) groups is 1. The summed E-state index contributed by atoms with van der Waals surface area (Å²) < 4.78 is 12.9. The third-order valence-electron chi connectivity index (χ3n) is 7.18. The Labute approximate surface area is 187 Å². The van der Waals surface area contributed by atoms with Crippen LogP contribution in [0.25, 0.3) is 11.3 Å². The van der Waals surface area contributed by atoms with Crippen LogP contribution >= 0.6 is 0 Å². The van der Waals surface area contributed by atoms with E-state index in [1.54, 1.807) is 16.9 Å². The van der Waals surface area contributed by atoms with Gasteiger partial charge in [-0.15, -0.1) is 0 Å². The van der Waals surface area contributed by atoms with E-state index in [1.807, 2.05) is 18.1 Å². The Bertz CT molecular complexity index is 1110. The van der Waals surface area contributed by atoms with Crippen LogP contribution in [0.3, 0.4) is 0 Å². The molecule has 170 valence electrons. The quantitative estimate of drug-likeness (QED) is 0.609. The molecule has 1 unspecified atom stereocenters. The van der Waals surface area contributed by atoms with Crippen molar-refractivity contribution in [2.24, 2.45) is 18.4 Å². The number of piperidine rings is 1. The molecule has 0 spiro atoms. The van der Waals surface area contributed by atoms with E-state index >= 15 is 0 Å². The zero-order chi connectivity index (χ0) is 22.5. The summed E-state index contributed by atoms with van der Waals surface area (Å²) in [6.07, 6.45) is 8.51. The van der Waals surface area contributed by atoms with Gasteiger partial charge in [0.15, 0.2) is 11.5 Å². The number of hydrogen-bond acceptors (Lipinski definition) is 6. The van der Waals surface area contributed by atoms with Gasteiger partial charge in [0.05, 0.1) is 17.5 Å². The Balaban J connectivity index is 1.24. The van der Waals surface area contributed by atoms with Crippen molar-refractivity contribution in [2.75, 3.05) is 13.1 Å². The van der Waals surface area contributed by atoms with Crippen molar-refractivity contribution >= 4 is 5.91 Å². The summed E-state index contributed by atoms with van der Waals surface area (Å²) in [6, 6.07) is 1.70. The first-order valence-corrected chi connectivity index (χ1v) is 11.5. The SMILES string of the molecule is Cn1cc(-c2cc(C(=O)N3CCC(c4onc5c4CC(C(C)(C)C)CC5)CC3)no2)cn1. The molecule has 1 saturated heterocycles. The van der Waals surface area contributed by atoms with Crippen molar-refractivity contribution in [3.8, 4) is 11.3 Å². The number of aryl methyl sites for hydroxylation is 2. The van der Waals surface area contributed by atoms with E-state index in [2.05, 4.69) is 36.2 Å². The molecule has 8 heteroatoms. The Morgan fingerprint density at radius 2 is 1.91 bits per heavy atom. The number of rotatable bonds is 3. The highest BCUT2D eigenvalue weighted by molar-refractivity contribution is 5.93. The Morgan fingerprint density at radius 3 is 2.59 bits per heavy atom. The fourth-order valence-corrected chi connectivity index (χ4v) is 5.06. The molecule has 0 aromatic carbocycles. The number of fused-ring (bicyclic) bond motifs is 1. The molecule has 0 saturated carbocycles. The monoisotopic (exact) mass is 437 g/mol. The summed E-state index contributed by atoms with van der Waals surface area (Å²) in [5.74, 6) is 2.49. The van der Waals surface area contributed by atoms with Gasteiger partial charge in [-0.1, -0.05) is 31.1 Å². The summed E-state index contributed by atoms with van der Waals surface area (Å²) in [5.41, 5.74) is 3.91. The summed E-state index contributed by atoms with van der Waals surface area (Å²) in [7, 11) is 1.84. The Kier molecular flexibility index (Phi) is 5.18. The van der Waals surface area contributed by atoms with Crippen LogP contribution in [0.15, 0.2) is 27.5 Å². The van der Waals surface area contributed by atoms with Gasteiger partial charge in [0.25, 0.3) is 5.91 Å². The lowest BCUT2D eigenvalue weighted by Gasteiger charge is -2.34. The number of nitrogens with zero attached hydrogens (tertiary/aromatic N) is 5. The van der Waals surface area contributed by atoms with E-state index in [4.69, 9.17) is 9.05 Å². The summed E-state index contributed by atoms with van der Waals surface area (Å²) >= 11 is 0. The molecule has 1 aliphatic heterocycles. The van der Waals surface area contributed by atoms with Gasteiger partial charge < -0.3 is 13.9 Å². The average molecular weight is 438 g/mol. The lowest BCUT2D eigenvalue weighted by Crippen LogP contribution is -2.38. The van der Waals surface area contributed by atoms with Gasteiger partial charge in [-0.3, -0.25) is 9.48 Å². The second-order valence-corrected chi connectivity index (χ2v) is 10.3. The highest BCUT2D eigenvalue weighted by atomic mass is 16.5. The van der Waals surface area contributed by atoms with Crippen molar-refractivity contribution in [1.29, 1.82) is 0 Å². The number of amides is 1. The standard InChI is InChI=1S/C24H31N5O3/c1-24(2,3)17-5-6-19-18(11-17)22(32-26-19)15-7-9-29(10-8-15)23(30)20-12-21(31-27-20)16-13-25-28(4)14-16/h12-15,17H,5-11H2,1-4H3. The van der Waals surface area contributed by atoms with Crippen LogP contribution in [0, 0.1) is 11.3 Å². The fraction of sp³-hybridized carbons (Fsp3) is 0.583. The smallest absolute Gasteiger partial charge is 0.276 e. The maximum absolute atomic E-state index is 13.0. The van der Waals surface area contributed by atoms with Crippen LogP contribution in [-0.4, -0.2) is 44.0 Å². The molecule has 0 radical (unpaired) electrons. The van der Waals surface area contributed by atoms with E-state index in [0.717, 1.165) is 42.7 Å². The van der Waals surface area contributed by atoms with E-state index in [9.17, 15) is 4.79 Å². The first kappa shape index (κ1) is 21.0. The van der Waals surface area contributed by atoms with Crippen molar-refractivity contribution in [3.05, 3.63) is 41.2 Å². The molecule has 5 rings (SSSR count). The molecule has 2 aliphatic rings. The van der Waals surface area contributed by atoms with E-state index in [-0.39, 0.29) is 11.3 Å². The van der Waals surface area contributed by atoms with Crippen LogP contribution in [0.1, 0.15) is 73.5 Å². The fourth-order valence-electron chi connectivity index (χ4n) is 5.06. The van der Waals surface area contributed by atoms with Crippen LogP contribution in [0.5, 0.6) is 0 Å². The molecule has 4 heterocycles. The summed E-state index contributed by atoms with van der Waals surface area (Å²) in [5, 5.41) is 12.5. The topological polar surface area (TPSA) is 90.2 Å². The molecule has 0 N–H and O–H groups in total. The molecule has 3 aromatic heterocycles. The predicted octanol–water partition coefficient (Wildman–Crippen LogP) is 4.23. The molecule has 1 amide bonds. The van der Waals surface area contributed by atoms with Gasteiger partial charge in [-0.25, -0.2) is 0 Å². The van der Waals surface area contributed by atoms with E-state index in [1.165, 1.54) is 12.0 Å². The minimum Gasteiger partial charge on any atom is -0.361 e. The summed E-state index contributed by atoms with van der Waals surface area (Å²) in [6.45, 7) is 8.32. The zero-order valence-electron chi connectivity index (χ0n) is 19.3. The van der Waals surface area contributed by atoms with Crippen LogP contribution in [0.2, 0.25) is 0 Å². The largest absolute Gasteiger partial charge is 0.361 e. The lowest BCUT2D eigenvalue weighted by molar-refractivity contribution is 0.0695. The number of carbonyl (C=O) groups excluding carboxylic acids is 1. The Morgan fingerprint density at radius 1 is 1.12 bits per heavy atom.